The predicted octanol–water partition coefficient (Wildman–Crippen LogP) is 6.48. The number of hydrogen-bond donors (Lipinski definition) is 1. The van der Waals surface area contributed by atoms with Gasteiger partial charge in [-0.1, -0.05) is 54.6 Å². The van der Waals surface area contributed by atoms with E-state index in [-0.39, 0.29) is 5.75 Å². The van der Waals surface area contributed by atoms with E-state index < -0.39 is 11.5 Å². The molecule has 0 amide bonds. The Kier molecular flexibility index (Phi) is 6.19. The largest absolute Gasteiger partial charge is 0.504 e. The first-order valence-electron chi connectivity index (χ1n) is 14.2. The number of nitrogens with zero attached hydrogens (tertiary/aromatic N) is 4. The Morgan fingerprint density at radius 3 is 2.53 bits per heavy atom. The number of rotatable bonds is 6. The highest BCUT2D eigenvalue weighted by molar-refractivity contribution is 5.87. The normalized spacial score (nSPS) is 13.7. The Morgan fingerprint density at radius 2 is 1.73 bits per heavy atom. The fourth-order valence-corrected chi connectivity index (χ4v) is 5.71. The van der Waals surface area contributed by atoms with Crippen LogP contribution < -0.4 is 19.8 Å². The first-order valence-corrected chi connectivity index (χ1v) is 14.2. The lowest BCUT2D eigenvalue weighted by atomic mass is 9.84. The smallest absolute Gasteiger partial charge is 0.344 e. The fraction of sp³-hybridized carbons (Fsp3) is 0.0857. The Hall–Kier alpha value is -6.16. The highest BCUT2D eigenvalue weighted by Gasteiger charge is 2.37. The number of phenols is 1. The van der Waals surface area contributed by atoms with Crippen LogP contribution in [0.2, 0.25) is 0 Å². The van der Waals surface area contributed by atoms with Crippen LogP contribution in [0.5, 0.6) is 28.9 Å². The van der Waals surface area contributed by atoms with Crippen molar-refractivity contribution >= 4 is 16.6 Å². The van der Waals surface area contributed by atoms with Gasteiger partial charge >= 0.3 is 5.63 Å². The molecule has 7 aromatic rings. The van der Waals surface area contributed by atoms with Gasteiger partial charge in [-0.2, -0.15) is 0 Å². The van der Waals surface area contributed by atoms with Crippen LogP contribution >= 0.6 is 0 Å². The minimum atomic E-state index is -0.648. The molecule has 0 fully saturated rings. The molecule has 45 heavy (non-hydrogen) atoms. The summed E-state index contributed by atoms with van der Waals surface area (Å²) in [6.45, 7) is 0.423. The number of aromatic nitrogens is 4. The maximum absolute atomic E-state index is 13.7. The van der Waals surface area contributed by atoms with Gasteiger partial charge in [0, 0.05) is 5.56 Å². The Labute approximate surface area is 255 Å². The molecule has 10 nitrogen and oxygen atoms in total. The van der Waals surface area contributed by atoms with Crippen molar-refractivity contribution in [3.63, 3.8) is 0 Å². The Balaban J connectivity index is 1.28. The van der Waals surface area contributed by atoms with Crippen LogP contribution in [0.4, 0.5) is 0 Å². The van der Waals surface area contributed by atoms with Crippen molar-refractivity contribution in [3.8, 4) is 40.3 Å². The zero-order valence-corrected chi connectivity index (χ0v) is 23.9. The van der Waals surface area contributed by atoms with E-state index in [0.29, 0.717) is 68.9 Å². The molecule has 1 N–H and O–H groups in total. The first-order chi connectivity index (χ1) is 22.1. The van der Waals surface area contributed by atoms with Crippen LogP contribution in [0.25, 0.3) is 28.0 Å². The summed E-state index contributed by atoms with van der Waals surface area (Å²) in [5.74, 6) is 1.37. The molecule has 8 rings (SSSR count). The maximum Gasteiger partial charge on any atom is 0.344 e. The average Bonchev–Trinajstić information content (AvgIpc) is 3.52. The zero-order valence-electron chi connectivity index (χ0n) is 23.9. The lowest BCUT2D eigenvalue weighted by molar-refractivity contribution is 0.306. The molecular formula is C35H24N4O6. The van der Waals surface area contributed by atoms with E-state index in [1.807, 2.05) is 66.7 Å². The minimum Gasteiger partial charge on any atom is -0.504 e. The van der Waals surface area contributed by atoms with E-state index in [0.717, 1.165) is 11.1 Å². The molecule has 1 aliphatic rings. The number of aromatic hydroxyl groups is 1. The third-order valence-corrected chi connectivity index (χ3v) is 7.86. The number of benzene rings is 4. The standard InChI is InChI=1S/C35H24N4O6/c1-42-27-16-13-22(17-25(27)40)32-37-33-30-28(21-11-14-23(15-12-21)43-18-20-7-3-2-4-8-20)29-31(45-34(30)36-19-39(33)38-32)24-9-5-6-10-26(24)44-35(29)41/h2-17,19,28,40H,18H2,1H3. The van der Waals surface area contributed by atoms with Gasteiger partial charge in [0.1, 0.15) is 24.3 Å². The third kappa shape index (κ3) is 4.51. The molecule has 1 unspecified atom stereocenters. The van der Waals surface area contributed by atoms with Crippen LogP contribution in [0.15, 0.2) is 113 Å². The molecule has 220 valence electrons. The molecule has 0 saturated carbocycles. The molecule has 0 spiro atoms. The molecule has 3 aromatic heterocycles. The van der Waals surface area contributed by atoms with Gasteiger partial charge in [-0.15, -0.1) is 5.10 Å². The van der Waals surface area contributed by atoms with Crippen LogP contribution in [-0.2, 0) is 6.61 Å². The van der Waals surface area contributed by atoms with E-state index >= 15 is 0 Å². The van der Waals surface area contributed by atoms with Crippen molar-refractivity contribution in [2.75, 3.05) is 7.11 Å². The predicted molar refractivity (Wildman–Crippen MR) is 165 cm³/mol. The number of fused-ring (bicyclic) bond motifs is 6. The van der Waals surface area contributed by atoms with Gasteiger partial charge in [0.15, 0.2) is 28.7 Å². The molecular weight excluding hydrogens is 572 g/mol. The second-order valence-electron chi connectivity index (χ2n) is 10.6. The molecule has 1 atom stereocenters. The molecule has 0 bridgehead atoms. The maximum atomic E-state index is 13.7. The van der Waals surface area contributed by atoms with Crippen molar-refractivity contribution in [3.05, 3.63) is 136 Å². The van der Waals surface area contributed by atoms with E-state index in [4.69, 9.17) is 23.6 Å². The molecule has 0 radical (unpaired) electrons. The molecule has 4 heterocycles. The number of para-hydroxylation sites is 1. The van der Waals surface area contributed by atoms with E-state index in [2.05, 4.69) is 10.1 Å². The van der Waals surface area contributed by atoms with Crippen molar-refractivity contribution in [2.45, 2.75) is 12.5 Å². The van der Waals surface area contributed by atoms with Crippen LogP contribution in [0.1, 0.15) is 28.2 Å². The van der Waals surface area contributed by atoms with Crippen molar-refractivity contribution in [1.29, 1.82) is 0 Å². The van der Waals surface area contributed by atoms with E-state index in [9.17, 15) is 9.90 Å². The summed E-state index contributed by atoms with van der Waals surface area (Å²) in [4.78, 5) is 23.1. The molecule has 0 saturated heterocycles. The van der Waals surface area contributed by atoms with Gasteiger partial charge in [0.2, 0.25) is 5.88 Å². The summed E-state index contributed by atoms with van der Waals surface area (Å²) in [6.07, 6.45) is 1.52. The summed E-state index contributed by atoms with van der Waals surface area (Å²) >= 11 is 0. The summed E-state index contributed by atoms with van der Waals surface area (Å²) in [6, 6.07) is 29.7. The molecule has 1 aliphatic heterocycles. The van der Waals surface area contributed by atoms with Gasteiger partial charge in [-0.05, 0) is 53.6 Å². The summed E-state index contributed by atoms with van der Waals surface area (Å²) in [5, 5.41) is 15.7. The van der Waals surface area contributed by atoms with E-state index in [1.54, 1.807) is 24.3 Å². The second kappa shape index (κ2) is 10.5. The lowest BCUT2D eigenvalue weighted by Crippen LogP contribution is -2.22. The zero-order chi connectivity index (χ0) is 30.5. The number of hydrogen-bond acceptors (Lipinski definition) is 9. The van der Waals surface area contributed by atoms with Gasteiger partial charge in [-0.3, -0.25) is 0 Å². The van der Waals surface area contributed by atoms with E-state index in [1.165, 1.54) is 24.0 Å². The van der Waals surface area contributed by atoms with Gasteiger partial charge in [0.05, 0.1) is 29.5 Å². The molecule has 10 heteroatoms. The first kappa shape index (κ1) is 26.5. The van der Waals surface area contributed by atoms with Crippen LogP contribution in [0, 0.1) is 0 Å². The highest BCUT2D eigenvalue weighted by atomic mass is 16.5. The second-order valence-corrected chi connectivity index (χ2v) is 10.6. The van der Waals surface area contributed by atoms with Crippen molar-refractivity contribution in [2.24, 2.45) is 0 Å². The third-order valence-electron chi connectivity index (χ3n) is 7.86. The number of methoxy groups -OCH3 is 1. The summed E-state index contributed by atoms with van der Waals surface area (Å²) < 4.78 is 24.9. The SMILES string of the molecule is COc1ccc(-c2nc3c4c(ncn3n2)Oc2c(c(=O)oc3ccccc23)C4c2ccc(OCc3ccccc3)cc2)cc1O. The van der Waals surface area contributed by atoms with Gasteiger partial charge in [0.25, 0.3) is 0 Å². The topological polar surface area (TPSA) is 121 Å². The van der Waals surface area contributed by atoms with Crippen molar-refractivity contribution < 1.29 is 23.7 Å². The monoisotopic (exact) mass is 596 g/mol. The number of ether oxygens (including phenoxy) is 3. The Morgan fingerprint density at radius 1 is 0.933 bits per heavy atom. The Bertz CT molecular complexity index is 2280. The number of phenolic OH excluding ortho intramolecular Hbond substituents is 1. The van der Waals surface area contributed by atoms with Gasteiger partial charge < -0.3 is 23.7 Å². The summed E-state index contributed by atoms with van der Waals surface area (Å²) in [7, 11) is 1.48. The molecule has 4 aromatic carbocycles. The van der Waals surface area contributed by atoms with Crippen LogP contribution in [0.3, 0.4) is 0 Å². The fourth-order valence-electron chi connectivity index (χ4n) is 5.71. The quantitative estimate of drug-likeness (QED) is 0.215. The highest BCUT2D eigenvalue weighted by Crippen LogP contribution is 2.49. The van der Waals surface area contributed by atoms with Gasteiger partial charge in [-0.25, -0.2) is 19.3 Å². The van der Waals surface area contributed by atoms with Crippen molar-refractivity contribution in [1.82, 2.24) is 19.6 Å². The minimum absolute atomic E-state index is 0.0387. The van der Waals surface area contributed by atoms with Crippen LogP contribution in [-0.4, -0.2) is 31.8 Å². The lowest BCUT2D eigenvalue weighted by Gasteiger charge is -2.27. The molecule has 0 aliphatic carbocycles. The average molecular weight is 597 g/mol. The summed E-state index contributed by atoms with van der Waals surface area (Å²) in [5.41, 5.74) is 3.64.